The van der Waals surface area contributed by atoms with Crippen molar-refractivity contribution in [2.75, 3.05) is 0 Å². The minimum Gasteiger partial charge on any atom is -0.325 e. The van der Waals surface area contributed by atoms with Crippen molar-refractivity contribution >= 4 is 0 Å². The Balaban J connectivity index is 2.40. The SMILES string of the molecule is Cc1ccc(-n2cc(CN)nn2)cc1F. The number of nitrogens with two attached hydrogens (primary N) is 1. The summed E-state index contributed by atoms with van der Waals surface area (Å²) in [4.78, 5) is 0. The predicted octanol–water partition coefficient (Wildman–Crippen LogP) is 1.17. The average molecular weight is 206 g/mol. The Morgan fingerprint density at radius 2 is 2.27 bits per heavy atom. The topological polar surface area (TPSA) is 56.7 Å². The Bertz CT molecular complexity index is 478. The molecule has 1 aromatic heterocycles. The second-order valence-corrected chi connectivity index (χ2v) is 3.29. The van der Waals surface area contributed by atoms with Gasteiger partial charge in [0.05, 0.1) is 17.6 Å². The van der Waals surface area contributed by atoms with Crippen molar-refractivity contribution in [2.24, 2.45) is 5.73 Å². The van der Waals surface area contributed by atoms with Crippen molar-refractivity contribution in [3.63, 3.8) is 0 Å². The molecule has 2 N–H and O–H groups in total. The molecule has 78 valence electrons. The van der Waals surface area contributed by atoms with Crippen molar-refractivity contribution < 1.29 is 4.39 Å². The number of aryl methyl sites for hydroxylation is 1. The lowest BCUT2D eigenvalue weighted by Crippen LogP contribution is -1.97. The van der Waals surface area contributed by atoms with Gasteiger partial charge in [-0.05, 0) is 24.6 Å². The largest absolute Gasteiger partial charge is 0.325 e. The van der Waals surface area contributed by atoms with Crippen molar-refractivity contribution in [1.29, 1.82) is 0 Å². The zero-order valence-corrected chi connectivity index (χ0v) is 8.31. The summed E-state index contributed by atoms with van der Waals surface area (Å²) in [6.45, 7) is 2.04. The normalized spacial score (nSPS) is 10.6. The van der Waals surface area contributed by atoms with Gasteiger partial charge < -0.3 is 5.73 Å². The molecule has 1 heterocycles. The summed E-state index contributed by atoms with van der Waals surface area (Å²) in [6.07, 6.45) is 1.68. The fourth-order valence-corrected chi connectivity index (χ4v) is 1.24. The maximum absolute atomic E-state index is 13.3. The van der Waals surface area contributed by atoms with E-state index < -0.39 is 0 Å². The first-order valence-corrected chi connectivity index (χ1v) is 4.58. The number of benzene rings is 1. The minimum atomic E-state index is -0.253. The van der Waals surface area contributed by atoms with Crippen LogP contribution in [0, 0.1) is 12.7 Å². The van der Waals surface area contributed by atoms with E-state index in [4.69, 9.17) is 5.73 Å². The van der Waals surface area contributed by atoms with Crippen LogP contribution in [0.25, 0.3) is 5.69 Å². The quantitative estimate of drug-likeness (QED) is 0.802. The van der Waals surface area contributed by atoms with Crippen LogP contribution in [-0.4, -0.2) is 15.0 Å². The van der Waals surface area contributed by atoms with E-state index in [-0.39, 0.29) is 5.82 Å². The summed E-state index contributed by atoms with van der Waals surface area (Å²) in [6, 6.07) is 4.91. The van der Waals surface area contributed by atoms with Crippen LogP contribution in [0.15, 0.2) is 24.4 Å². The fourth-order valence-electron chi connectivity index (χ4n) is 1.24. The Kier molecular flexibility index (Phi) is 2.47. The molecule has 0 atom stereocenters. The molecule has 15 heavy (non-hydrogen) atoms. The third-order valence-corrected chi connectivity index (χ3v) is 2.17. The summed E-state index contributed by atoms with van der Waals surface area (Å²) >= 11 is 0. The lowest BCUT2D eigenvalue weighted by atomic mass is 10.2. The molecule has 4 nitrogen and oxygen atoms in total. The molecule has 2 rings (SSSR count). The van der Waals surface area contributed by atoms with Crippen LogP contribution in [0.5, 0.6) is 0 Å². The molecule has 0 saturated carbocycles. The average Bonchev–Trinajstić information content (AvgIpc) is 2.70. The number of nitrogens with zero attached hydrogens (tertiary/aromatic N) is 3. The maximum Gasteiger partial charge on any atom is 0.128 e. The highest BCUT2D eigenvalue weighted by Gasteiger charge is 2.03. The van der Waals surface area contributed by atoms with Crippen LogP contribution in [-0.2, 0) is 6.54 Å². The molecular formula is C10H11FN4. The first-order valence-electron chi connectivity index (χ1n) is 4.58. The molecule has 2 aromatic rings. The molecule has 5 heteroatoms. The zero-order chi connectivity index (χ0) is 10.8. The number of aromatic nitrogens is 3. The van der Waals surface area contributed by atoms with Gasteiger partial charge in [-0.25, -0.2) is 9.07 Å². The van der Waals surface area contributed by atoms with E-state index in [0.717, 1.165) is 0 Å². The van der Waals surface area contributed by atoms with E-state index in [1.54, 1.807) is 25.3 Å². The summed E-state index contributed by atoms with van der Waals surface area (Å²) in [7, 11) is 0. The summed E-state index contributed by atoms with van der Waals surface area (Å²) < 4.78 is 14.8. The smallest absolute Gasteiger partial charge is 0.128 e. The standard InChI is InChI=1S/C10H11FN4/c1-7-2-3-9(4-10(7)11)15-6-8(5-12)13-14-15/h2-4,6H,5,12H2,1H3. The van der Waals surface area contributed by atoms with E-state index in [0.29, 0.717) is 23.5 Å². The highest BCUT2D eigenvalue weighted by Crippen LogP contribution is 2.12. The third-order valence-electron chi connectivity index (χ3n) is 2.17. The molecule has 0 aliphatic rings. The maximum atomic E-state index is 13.3. The van der Waals surface area contributed by atoms with Gasteiger partial charge in [0.25, 0.3) is 0 Å². The van der Waals surface area contributed by atoms with Crippen molar-refractivity contribution in [2.45, 2.75) is 13.5 Å². The highest BCUT2D eigenvalue weighted by atomic mass is 19.1. The number of hydrogen-bond acceptors (Lipinski definition) is 3. The first kappa shape index (κ1) is 9.79. The summed E-state index contributed by atoms with van der Waals surface area (Å²) in [5.41, 5.74) is 7.34. The molecule has 0 amide bonds. The molecule has 0 aliphatic carbocycles. The van der Waals surface area contributed by atoms with Gasteiger partial charge in [-0.15, -0.1) is 5.10 Å². The zero-order valence-electron chi connectivity index (χ0n) is 8.31. The predicted molar refractivity (Wildman–Crippen MR) is 53.9 cm³/mol. The molecule has 0 aliphatic heterocycles. The van der Waals surface area contributed by atoms with Gasteiger partial charge in [0, 0.05) is 6.54 Å². The van der Waals surface area contributed by atoms with Crippen LogP contribution in [0.3, 0.4) is 0 Å². The summed E-state index contributed by atoms with van der Waals surface area (Å²) in [5, 5.41) is 7.68. The molecule has 0 unspecified atom stereocenters. The van der Waals surface area contributed by atoms with Crippen molar-refractivity contribution in [3.05, 3.63) is 41.5 Å². The van der Waals surface area contributed by atoms with E-state index in [1.165, 1.54) is 10.7 Å². The van der Waals surface area contributed by atoms with E-state index in [1.807, 2.05) is 0 Å². The van der Waals surface area contributed by atoms with Crippen LogP contribution in [0.2, 0.25) is 0 Å². The van der Waals surface area contributed by atoms with E-state index in [9.17, 15) is 4.39 Å². The Morgan fingerprint density at radius 3 is 2.87 bits per heavy atom. The molecule has 0 fully saturated rings. The van der Waals surface area contributed by atoms with Crippen molar-refractivity contribution in [1.82, 2.24) is 15.0 Å². The third kappa shape index (κ3) is 1.87. The van der Waals surface area contributed by atoms with E-state index in [2.05, 4.69) is 10.3 Å². The second kappa shape index (κ2) is 3.78. The number of rotatable bonds is 2. The van der Waals surface area contributed by atoms with Crippen LogP contribution in [0.4, 0.5) is 4.39 Å². The molecule has 0 spiro atoms. The molecule has 0 bridgehead atoms. The molecule has 0 saturated heterocycles. The van der Waals surface area contributed by atoms with Crippen LogP contribution in [0.1, 0.15) is 11.3 Å². The van der Waals surface area contributed by atoms with Gasteiger partial charge in [0.2, 0.25) is 0 Å². The van der Waals surface area contributed by atoms with Gasteiger partial charge >= 0.3 is 0 Å². The van der Waals surface area contributed by atoms with E-state index >= 15 is 0 Å². The van der Waals surface area contributed by atoms with Gasteiger partial charge in [-0.3, -0.25) is 0 Å². The molecular weight excluding hydrogens is 195 g/mol. The second-order valence-electron chi connectivity index (χ2n) is 3.29. The first-order chi connectivity index (χ1) is 7.20. The van der Waals surface area contributed by atoms with Gasteiger partial charge in [-0.1, -0.05) is 11.3 Å². The van der Waals surface area contributed by atoms with Crippen molar-refractivity contribution in [3.8, 4) is 5.69 Å². The summed E-state index contributed by atoms with van der Waals surface area (Å²) in [5.74, 6) is -0.253. The van der Waals surface area contributed by atoms with Gasteiger partial charge in [0.15, 0.2) is 0 Å². The highest BCUT2D eigenvalue weighted by molar-refractivity contribution is 5.34. The molecule has 1 aromatic carbocycles. The Morgan fingerprint density at radius 1 is 1.47 bits per heavy atom. The minimum absolute atomic E-state index is 0.253. The van der Waals surface area contributed by atoms with Gasteiger partial charge in [-0.2, -0.15) is 0 Å². The van der Waals surface area contributed by atoms with Crippen LogP contribution < -0.4 is 5.73 Å². The Hall–Kier alpha value is -1.75. The monoisotopic (exact) mass is 206 g/mol. The number of hydrogen-bond donors (Lipinski definition) is 1. The van der Waals surface area contributed by atoms with Gasteiger partial charge in [0.1, 0.15) is 5.82 Å². The molecule has 0 radical (unpaired) electrons. The van der Waals surface area contributed by atoms with Crippen LogP contribution >= 0.6 is 0 Å². The lowest BCUT2D eigenvalue weighted by Gasteiger charge is -2.01. The fraction of sp³-hybridized carbons (Fsp3) is 0.200. The number of halogens is 1. The Labute approximate surface area is 86.5 Å². The lowest BCUT2D eigenvalue weighted by molar-refractivity contribution is 0.615.